The molecule has 0 N–H and O–H groups in total. The molecule has 0 saturated heterocycles. The molecule has 0 spiro atoms. The summed E-state index contributed by atoms with van der Waals surface area (Å²) in [7, 11) is -1.72. The Bertz CT molecular complexity index is 1560. The van der Waals surface area contributed by atoms with E-state index in [1.807, 2.05) is 0 Å². The Morgan fingerprint density at radius 3 is 1.17 bits per heavy atom. The molecule has 0 radical (unpaired) electrons. The summed E-state index contributed by atoms with van der Waals surface area (Å²) in [5.41, 5.74) is 2.38. The minimum absolute atomic E-state index is 0.0583. The van der Waals surface area contributed by atoms with Crippen LogP contribution in [0.1, 0.15) is 92.6 Å². The van der Waals surface area contributed by atoms with Crippen LogP contribution in [0.25, 0.3) is 0 Å². The lowest BCUT2D eigenvalue weighted by Crippen LogP contribution is -2.38. The van der Waals surface area contributed by atoms with E-state index in [9.17, 15) is 0 Å². The Morgan fingerprint density at radius 2 is 0.854 bits per heavy atom. The molecule has 0 amide bonds. The largest absolute Gasteiger partial charge is 0.485 e. The first-order valence-electron chi connectivity index (χ1n) is 17.4. The molecule has 6 atom stereocenters. The first-order valence-corrected chi connectivity index (χ1v) is 20.2. The van der Waals surface area contributed by atoms with Gasteiger partial charge in [0, 0.05) is 0 Å². The van der Waals surface area contributed by atoms with Crippen LogP contribution in [0, 0.1) is 11.8 Å². The number of hydrogen-bond donors (Lipinski definition) is 0. The van der Waals surface area contributed by atoms with Crippen molar-refractivity contribution in [2.24, 2.45) is 11.8 Å². The lowest BCUT2D eigenvalue weighted by Gasteiger charge is -2.40. The molecule has 4 nitrogen and oxygen atoms in total. The summed E-state index contributed by atoms with van der Waals surface area (Å²) in [6.45, 7) is 23.0. The van der Waals surface area contributed by atoms with Crippen LogP contribution in [0.3, 0.4) is 0 Å². The smallest absolute Gasteiger partial charge is 0.162 e. The van der Waals surface area contributed by atoms with Crippen molar-refractivity contribution in [1.82, 2.24) is 0 Å². The molecule has 6 rings (SSSR count). The van der Waals surface area contributed by atoms with Gasteiger partial charge in [0.25, 0.3) is 0 Å². The Labute approximate surface area is 291 Å². The maximum absolute atomic E-state index is 7.10. The van der Waals surface area contributed by atoms with Gasteiger partial charge in [0.15, 0.2) is 11.7 Å². The SMILES string of the molecule is CC(C)C(Oc1cccc2c1P(C(C)(C)C)C(C1Oc3cccc(OC(c4ccccc4)C(C)C)c3P1C(C)(C)C)O2)c1ccccc1. The van der Waals surface area contributed by atoms with Crippen LogP contribution in [0.2, 0.25) is 0 Å². The molecule has 254 valence electrons. The molecule has 2 aliphatic heterocycles. The maximum Gasteiger partial charge on any atom is 0.162 e. The molecule has 0 saturated carbocycles. The lowest BCUT2D eigenvalue weighted by atomic mass is 9.99. The highest BCUT2D eigenvalue weighted by molar-refractivity contribution is 7.72. The van der Waals surface area contributed by atoms with Gasteiger partial charge in [-0.05, 0) is 73.4 Å². The van der Waals surface area contributed by atoms with Crippen LogP contribution >= 0.6 is 15.8 Å². The van der Waals surface area contributed by atoms with E-state index in [1.165, 1.54) is 21.7 Å². The van der Waals surface area contributed by atoms with Crippen LogP contribution in [-0.2, 0) is 0 Å². The predicted octanol–water partition coefficient (Wildman–Crippen LogP) is 11.2. The quantitative estimate of drug-likeness (QED) is 0.165. The van der Waals surface area contributed by atoms with E-state index in [4.69, 9.17) is 18.9 Å². The number of hydrogen-bond acceptors (Lipinski definition) is 4. The molecular formula is C42H52O4P2. The summed E-state index contributed by atoms with van der Waals surface area (Å²) in [6, 6.07) is 33.9. The van der Waals surface area contributed by atoms with Gasteiger partial charge in [-0.1, -0.05) is 142 Å². The molecule has 4 aromatic rings. The van der Waals surface area contributed by atoms with Crippen LogP contribution < -0.4 is 29.6 Å². The third-order valence-corrected chi connectivity index (χ3v) is 15.8. The highest BCUT2D eigenvalue weighted by Crippen LogP contribution is 2.69. The predicted molar refractivity (Wildman–Crippen MR) is 204 cm³/mol. The third-order valence-electron chi connectivity index (χ3n) is 9.07. The minimum Gasteiger partial charge on any atom is -0.485 e. The van der Waals surface area contributed by atoms with Gasteiger partial charge in [0.2, 0.25) is 0 Å². The zero-order chi connectivity index (χ0) is 34.4. The molecule has 2 aliphatic rings. The van der Waals surface area contributed by atoms with Gasteiger partial charge >= 0.3 is 0 Å². The first kappa shape index (κ1) is 34.8. The van der Waals surface area contributed by atoms with Gasteiger partial charge in [0.1, 0.15) is 35.2 Å². The molecule has 0 bridgehead atoms. The van der Waals surface area contributed by atoms with E-state index in [1.54, 1.807) is 0 Å². The van der Waals surface area contributed by atoms with E-state index in [-0.39, 0.29) is 34.2 Å². The third kappa shape index (κ3) is 6.86. The molecule has 0 aromatic heterocycles. The van der Waals surface area contributed by atoms with Gasteiger partial charge in [-0.2, -0.15) is 0 Å². The van der Waals surface area contributed by atoms with Crippen molar-refractivity contribution in [3.05, 3.63) is 108 Å². The van der Waals surface area contributed by atoms with Crippen molar-refractivity contribution < 1.29 is 18.9 Å². The molecule has 0 aliphatic carbocycles. The zero-order valence-electron chi connectivity index (χ0n) is 30.2. The molecular weight excluding hydrogens is 630 g/mol. The maximum atomic E-state index is 7.10. The summed E-state index contributed by atoms with van der Waals surface area (Å²) in [5.74, 6) is 4.06. The van der Waals surface area contributed by atoms with Crippen molar-refractivity contribution in [3.63, 3.8) is 0 Å². The van der Waals surface area contributed by atoms with Gasteiger partial charge < -0.3 is 18.9 Å². The van der Waals surface area contributed by atoms with Crippen molar-refractivity contribution >= 4 is 26.5 Å². The highest BCUT2D eigenvalue weighted by atomic mass is 31.1. The normalized spacial score (nSPS) is 21.7. The fourth-order valence-corrected chi connectivity index (χ4v) is 13.7. The number of rotatable bonds is 9. The second-order valence-corrected chi connectivity index (χ2v) is 21.8. The molecule has 6 unspecified atom stereocenters. The summed E-state index contributed by atoms with van der Waals surface area (Å²) < 4.78 is 28.2. The molecule has 4 aromatic carbocycles. The van der Waals surface area contributed by atoms with Crippen molar-refractivity contribution in [2.45, 2.75) is 103 Å². The summed E-state index contributed by atoms with van der Waals surface area (Å²) >= 11 is 0. The standard InChI is InChI=1S/C42H52O4P2/c1-27(2)35(29-19-13-11-14-20-29)43-31-23-17-25-33-37(31)47(41(5,6)7)39(45-33)40-46-34-26-18-24-32(38(34)48(40)42(8,9)10)44-36(28(3)4)30-21-15-12-16-22-30/h11-28,35-36,39-40H,1-10H3. The molecule has 0 fully saturated rings. The Hall–Kier alpha value is -3.06. The monoisotopic (exact) mass is 682 g/mol. The zero-order valence-corrected chi connectivity index (χ0v) is 32.0. The van der Waals surface area contributed by atoms with Crippen LogP contribution in [0.15, 0.2) is 97.1 Å². The number of benzene rings is 4. The first-order chi connectivity index (χ1) is 22.8. The fraction of sp³-hybridized carbons (Fsp3) is 0.429. The summed E-state index contributed by atoms with van der Waals surface area (Å²) in [6.07, 6.45) is -0.129. The van der Waals surface area contributed by atoms with Crippen LogP contribution in [0.5, 0.6) is 23.0 Å². The van der Waals surface area contributed by atoms with Crippen molar-refractivity contribution in [1.29, 1.82) is 0 Å². The Balaban J connectivity index is 1.40. The van der Waals surface area contributed by atoms with E-state index in [0.29, 0.717) is 11.8 Å². The average Bonchev–Trinajstić information content (AvgIpc) is 3.63. The second kappa shape index (κ2) is 13.7. The van der Waals surface area contributed by atoms with Gasteiger partial charge in [-0.15, -0.1) is 0 Å². The lowest BCUT2D eigenvalue weighted by molar-refractivity contribution is 0.153. The van der Waals surface area contributed by atoms with E-state index in [0.717, 1.165) is 23.0 Å². The van der Waals surface area contributed by atoms with Gasteiger partial charge in [-0.3, -0.25) is 0 Å². The van der Waals surface area contributed by atoms with Crippen molar-refractivity contribution in [2.75, 3.05) is 0 Å². The topological polar surface area (TPSA) is 36.9 Å². The van der Waals surface area contributed by atoms with E-state index < -0.39 is 15.8 Å². The number of ether oxygens (including phenoxy) is 4. The minimum atomic E-state index is -0.862. The van der Waals surface area contributed by atoms with E-state index >= 15 is 0 Å². The van der Waals surface area contributed by atoms with Gasteiger partial charge in [0.05, 0.1) is 10.6 Å². The van der Waals surface area contributed by atoms with E-state index in [2.05, 4.69) is 166 Å². The summed E-state index contributed by atoms with van der Waals surface area (Å²) in [5, 5.41) is 2.32. The van der Waals surface area contributed by atoms with Crippen LogP contribution in [-0.4, -0.2) is 22.0 Å². The summed E-state index contributed by atoms with van der Waals surface area (Å²) in [4.78, 5) is 0. The number of fused-ring (bicyclic) bond motifs is 2. The van der Waals surface area contributed by atoms with Crippen LogP contribution in [0.4, 0.5) is 0 Å². The Kier molecular flexibility index (Phi) is 9.92. The molecule has 2 heterocycles. The second-order valence-electron chi connectivity index (χ2n) is 15.7. The fourth-order valence-electron chi connectivity index (χ4n) is 7.02. The average molecular weight is 683 g/mol. The van der Waals surface area contributed by atoms with Gasteiger partial charge in [-0.25, -0.2) is 0 Å². The molecule has 48 heavy (non-hydrogen) atoms. The Morgan fingerprint density at radius 1 is 0.500 bits per heavy atom. The highest BCUT2D eigenvalue weighted by Gasteiger charge is 2.55. The molecule has 6 heteroatoms. The van der Waals surface area contributed by atoms with Crippen molar-refractivity contribution in [3.8, 4) is 23.0 Å².